The van der Waals surface area contributed by atoms with E-state index in [0.717, 1.165) is 10.9 Å². The molecule has 0 saturated heterocycles. The van der Waals surface area contributed by atoms with Crippen molar-refractivity contribution in [2.24, 2.45) is 0 Å². The molecule has 4 aromatic rings. The van der Waals surface area contributed by atoms with E-state index in [1.807, 2.05) is 0 Å². The first-order valence-electron chi connectivity index (χ1n) is 9.39. The summed E-state index contributed by atoms with van der Waals surface area (Å²) in [5.41, 5.74) is 1.91. The van der Waals surface area contributed by atoms with Crippen LogP contribution in [0, 0.1) is 5.82 Å². The van der Waals surface area contributed by atoms with Crippen LogP contribution < -0.4 is 10.6 Å². The molecule has 10 heteroatoms. The summed E-state index contributed by atoms with van der Waals surface area (Å²) in [6.07, 6.45) is 3.11. The van der Waals surface area contributed by atoms with E-state index in [9.17, 15) is 9.18 Å². The Bertz CT molecular complexity index is 1230. The van der Waals surface area contributed by atoms with Crippen molar-refractivity contribution in [3.8, 4) is 0 Å². The summed E-state index contributed by atoms with van der Waals surface area (Å²) in [5, 5.41) is 11.9. The van der Waals surface area contributed by atoms with Crippen molar-refractivity contribution >= 4 is 46.0 Å². The second kappa shape index (κ2) is 9.28. The third kappa shape index (κ3) is 4.92. The standard InChI is InChI=1S/C21H17Cl2FN6O/c22-14-3-6-16(18(23)9-14)21(31)25-7-8-30-20-17(11-29-30)19(27-12-28-20)26-10-13-1-4-15(24)5-2-13/h1-6,9,11-12H,7-8,10H2,(H,25,31)(H,26,27,28). The number of rotatable bonds is 7. The van der Waals surface area contributed by atoms with Crippen LogP contribution in [0.25, 0.3) is 11.0 Å². The molecule has 0 radical (unpaired) electrons. The highest BCUT2D eigenvalue weighted by Gasteiger charge is 2.12. The van der Waals surface area contributed by atoms with Gasteiger partial charge < -0.3 is 10.6 Å². The number of hydrogen-bond acceptors (Lipinski definition) is 5. The van der Waals surface area contributed by atoms with Gasteiger partial charge in [-0.05, 0) is 35.9 Å². The molecule has 1 amide bonds. The molecule has 2 N–H and O–H groups in total. The van der Waals surface area contributed by atoms with Crippen LogP contribution >= 0.6 is 23.2 Å². The van der Waals surface area contributed by atoms with E-state index < -0.39 is 0 Å². The topological polar surface area (TPSA) is 84.7 Å². The SMILES string of the molecule is O=C(NCCn1ncc2c(NCc3ccc(F)cc3)ncnc21)c1ccc(Cl)cc1Cl. The van der Waals surface area contributed by atoms with Gasteiger partial charge in [0.1, 0.15) is 18.0 Å². The van der Waals surface area contributed by atoms with E-state index in [0.29, 0.717) is 46.7 Å². The zero-order chi connectivity index (χ0) is 21.8. The first-order chi connectivity index (χ1) is 15.0. The molecule has 0 aliphatic carbocycles. The quantitative estimate of drug-likeness (QED) is 0.430. The monoisotopic (exact) mass is 458 g/mol. The number of nitrogens with zero attached hydrogens (tertiary/aromatic N) is 4. The van der Waals surface area contributed by atoms with Gasteiger partial charge >= 0.3 is 0 Å². The number of anilines is 1. The lowest BCUT2D eigenvalue weighted by molar-refractivity contribution is 0.0952. The van der Waals surface area contributed by atoms with Crippen LogP contribution in [0.5, 0.6) is 0 Å². The third-order valence-corrected chi connectivity index (χ3v) is 5.14. The average molecular weight is 459 g/mol. The Morgan fingerprint density at radius 1 is 1.10 bits per heavy atom. The summed E-state index contributed by atoms with van der Waals surface area (Å²) in [7, 11) is 0. The number of aromatic nitrogens is 4. The zero-order valence-electron chi connectivity index (χ0n) is 16.1. The smallest absolute Gasteiger partial charge is 0.252 e. The minimum absolute atomic E-state index is 0.278. The highest BCUT2D eigenvalue weighted by atomic mass is 35.5. The Morgan fingerprint density at radius 2 is 1.90 bits per heavy atom. The highest BCUT2D eigenvalue weighted by Crippen LogP contribution is 2.21. The summed E-state index contributed by atoms with van der Waals surface area (Å²) in [6, 6.07) is 11.0. The van der Waals surface area contributed by atoms with Crippen LogP contribution in [-0.4, -0.2) is 32.2 Å². The van der Waals surface area contributed by atoms with Crippen LogP contribution in [0.3, 0.4) is 0 Å². The first kappa shape index (κ1) is 21.0. The third-order valence-electron chi connectivity index (χ3n) is 4.59. The largest absolute Gasteiger partial charge is 0.365 e. The second-order valence-electron chi connectivity index (χ2n) is 6.69. The predicted molar refractivity (Wildman–Crippen MR) is 118 cm³/mol. The minimum atomic E-state index is -0.297. The molecule has 0 saturated carbocycles. The van der Waals surface area contributed by atoms with Gasteiger partial charge in [0.2, 0.25) is 0 Å². The zero-order valence-corrected chi connectivity index (χ0v) is 17.7. The van der Waals surface area contributed by atoms with Gasteiger partial charge in [-0.25, -0.2) is 19.0 Å². The number of halogens is 3. The molecule has 0 aliphatic heterocycles. The van der Waals surface area contributed by atoms with Crippen molar-refractivity contribution in [3.05, 3.63) is 82.0 Å². The second-order valence-corrected chi connectivity index (χ2v) is 7.53. The molecule has 0 bridgehead atoms. The number of carbonyl (C=O) groups is 1. The van der Waals surface area contributed by atoms with Gasteiger partial charge in [0.25, 0.3) is 5.91 Å². The van der Waals surface area contributed by atoms with Crippen molar-refractivity contribution in [3.63, 3.8) is 0 Å². The van der Waals surface area contributed by atoms with Crippen molar-refractivity contribution in [1.82, 2.24) is 25.1 Å². The first-order valence-corrected chi connectivity index (χ1v) is 10.1. The van der Waals surface area contributed by atoms with Gasteiger partial charge in [-0.1, -0.05) is 35.3 Å². The van der Waals surface area contributed by atoms with Crippen molar-refractivity contribution in [1.29, 1.82) is 0 Å². The van der Waals surface area contributed by atoms with Crippen LogP contribution in [0.2, 0.25) is 10.0 Å². The lowest BCUT2D eigenvalue weighted by atomic mass is 10.2. The molecule has 2 aromatic carbocycles. The highest BCUT2D eigenvalue weighted by molar-refractivity contribution is 6.36. The predicted octanol–water partition coefficient (Wildman–Crippen LogP) is 4.31. The van der Waals surface area contributed by atoms with Crippen LogP contribution in [0.1, 0.15) is 15.9 Å². The Labute approximate surface area is 187 Å². The maximum Gasteiger partial charge on any atom is 0.252 e. The number of fused-ring (bicyclic) bond motifs is 1. The number of nitrogens with one attached hydrogen (secondary N) is 2. The molecule has 2 heterocycles. The molecule has 0 unspecified atom stereocenters. The van der Waals surface area contributed by atoms with Gasteiger partial charge in [0.15, 0.2) is 5.65 Å². The Hall–Kier alpha value is -3.23. The molecular formula is C21H17Cl2FN6O. The van der Waals surface area contributed by atoms with E-state index in [4.69, 9.17) is 23.2 Å². The number of benzene rings is 2. The molecule has 0 atom stereocenters. The summed E-state index contributed by atoms with van der Waals surface area (Å²) in [4.78, 5) is 20.9. The molecule has 158 valence electrons. The number of amides is 1. The molecule has 0 aliphatic rings. The summed E-state index contributed by atoms with van der Waals surface area (Å²) in [6.45, 7) is 1.22. The van der Waals surface area contributed by atoms with E-state index >= 15 is 0 Å². The van der Waals surface area contributed by atoms with Crippen LogP contribution in [0.4, 0.5) is 10.2 Å². The lowest BCUT2D eigenvalue weighted by Gasteiger charge is -2.09. The molecule has 0 fully saturated rings. The molecule has 0 spiro atoms. The number of hydrogen-bond donors (Lipinski definition) is 2. The van der Waals surface area contributed by atoms with E-state index in [1.54, 1.807) is 35.1 Å². The summed E-state index contributed by atoms with van der Waals surface area (Å²) in [5.74, 6) is 0.0480. The molecule has 7 nitrogen and oxygen atoms in total. The number of carbonyl (C=O) groups excluding carboxylic acids is 1. The summed E-state index contributed by atoms with van der Waals surface area (Å²) < 4.78 is 14.7. The molecule has 4 rings (SSSR count). The molecule has 2 aromatic heterocycles. The maximum absolute atomic E-state index is 13.1. The lowest BCUT2D eigenvalue weighted by Crippen LogP contribution is -2.27. The van der Waals surface area contributed by atoms with Gasteiger partial charge in [-0.2, -0.15) is 5.10 Å². The van der Waals surface area contributed by atoms with Crippen molar-refractivity contribution < 1.29 is 9.18 Å². The normalized spacial score (nSPS) is 10.9. The fourth-order valence-electron chi connectivity index (χ4n) is 3.03. The van der Waals surface area contributed by atoms with E-state index in [1.165, 1.54) is 24.5 Å². The fourth-order valence-corrected chi connectivity index (χ4v) is 3.52. The molecular weight excluding hydrogens is 442 g/mol. The Kier molecular flexibility index (Phi) is 6.29. The fraction of sp³-hybridized carbons (Fsp3) is 0.143. The van der Waals surface area contributed by atoms with Crippen molar-refractivity contribution in [2.75, 3.05) is 11.9 Å². The van der Waals surface area contributed by atoms with Gasteiger partial charge in [0, 0.05) is 18.1 Å². The van der Waals surface area contributed by atoms with Crippen molar-refractivity contribution in [2.45, 2.75) is 13.1 Å². The Balaban J connectivity index is 1.40. The van der Waals surface area contributed by atoms with Crippen LogP contribution in [0.15, 0.2) is 55.0 Å². The molecule has 31 heavy (non-hydrogen) atoms. The average Bonchev–Trinajstić information content (AvgIpc) is 3.17. The van der Waals surface area contributed by atoms with E-state index in [-0.39, 0.29) is 11.7 Å². The summed E-state index contributed by atoms with van der Waals surface area (Å²) >= 11 is 11.9. The minimum Gasteiger partial charge on any atom is -0.365 e. The van der Waals surface area contributed by atoms with Gasteiger partial charge in [-0.15, -0.1) is 0 Å². The maximum atomic E-state index is 13.1. The Morgan fingerprint density at radius 3 is 2.68 bits per heavy atom. The van der Waals surface area contributed by atoms with Gasteiger partial charge in [0.05, 0.1) is 28.7 Å². The van der Waals surface area contributed by atoms with Gasteiger partial charge in [-0.3, -0.25) is 4.79 Å². The van der Waals surface area contributed by atoms with E-state index in [2.05, 4.69) is 25.7 Å². The van der Waals surface area contributed by atoms with Crippen LogP contribution in [-0.2, 0) is 13.1 Å².